The molecule has 0 radical (unpaired) electrons. The molecule has 2 N–H and O–H groups in total. The van der Waals surface area contributed by atoms with Crippen LogP contribution in [0.5, 0.6) is 0 Å². The van der Waals surface area contributed by atoms with E-state index in [1.165, 1.54) is 4.90 Å². The average molecular weight is 276 g/mol. The van der Waals surface area contributed by atoms with Gasteiger partial charge in [-0.05, 0) is 33.6 Å². The van der Waals surface area contributed by atoms with E-state index in [9.17, 15) is 13.6 Å². The Morgan fingerprint density at radius 2 is 2.00 bits per heavy atom. The van der Waals surface area contributed by atoms with Gasteiger partial charge in [0.1, 0.15) is 5.60 Å². The molecule has 0 spiro atoms. The maximum Gasteiger partial charge on any atom is 0.410 e. The molecule has 2 rings (SSSR count). The van der Waals surface area contributed by atoms with Gasteiger partial charge in [-0.15, -0.1) is 0 Å². The van der Waals surface area contributed by atoms with E-state index < -0.39 is 23.2 Å². The second-order valence-electron chi connectivity index (χ2n) is 6.69. The van der Waals surface area contributed by atoms with Crippen LogP contribution in [-0.2, 0) is 4.74 Å². The van der Waals surface area contributed by atoms with Crippen molar-refractivity contribution in [3.63, 3.8) is 0 Å². The summed E-state index contributed by atoms with van der Waals surface area (Å²) in [5.74, 6) is -3.13. The van der Waals surface area contributed by atoms with Gasteiger partial charge in [0.05, 0.1) is 5.54 Å². The molecule has 1 saturated heterocycles. The highest BCUT2D eigenvalue weighted by Gasteiger charge is 2.72. The fourth-order valence-electron chi connectivity index (χ4n) is 2.66. The van der Waals surface area contributed by atoms with Gasteiger partial charge in [0.2, 0.25) is 0 Å². The molecule has 2 aliphatic rings. The monoisotopic (exact) mass is 276 g/mol. The lowest BCUT2D eigenvalue weighted by Gasteiger charge is -2.36. The summed E-state index contributed by atoms with van der Waals surface area (Å²) in [6.07, 6.45) is 0.627. The van der Waals surface area contributed by atoms with Crippen LogP contribution in [0.4, 0.5) is 13.6 Å². The van der Waals surface area contributed by atoms with Crippen molar-refractivity contribution in [2.24, 2.45) is 11.7 Å². The SMILES string of the molecule is CC(C)(C)OC(=O)N1CCCC(C2(N)CC2(F)F)C1. The smallest absolute Gasteiger partial charge is 0.410 e. The predicted molar refractivity (Wildman–Crippen MR) is 67.0 cm³/mol. The van der Waals surface area contributed by atoms with Crippen LogP contribution in [0.3, 0.4) is 0 Å². The van der Waals surface area contributed by atoms with Crippen molar-refractivity contribution in [1.29, 1.82) is 0 Å². The van der Waals surface area contributed by atoms with Crippen LogP contribution < -0.4 is 5.73 Å². The molecule has 1 heterocycles. The molecule has 1 amide bonds. The summed E-state index contributed by atoms with van der Waals surface area (Å²) in [6.45, 7) is 6.16. The van der Waals surface area contributed by atoms with Crippen molar-refractivity contribution < 1.29 is 18.3 Å². The zero-order valence-corrected chi connectivity index (χ0v) is 11.7. The molecule has 110 valence electrons. The van der Waals surface area contributed by atoms with E-state index >= 15 is 0 Å². The first-order valence-electron chi connectivity index (χ1n) is 6.70. The third-order valence-electron chi connectivity index (χ3n) is 3.87. The molecule has 1 saturated carbocycles. The summed E-state index contributed by atoms with van der Waals surface area (Å²) in [5.41, 5.74) is 3.76. The second-order valence-corrected chi connectivity index (χ2v) is 6.69. The summed E-state index contributed by atoms with van der Waals surface area (Å²) in [5, 5.41) is 0. The molecule has 0 aromatic rings. The Hall–Kier alpha value is -0.910. The van der Waals surface area contributed by atoms with Crippen LogP contribution in [-0.4, -0.2) is 41.1 Å². The van der Waals surface area contributed by atoms with E-state index in [4.69, 9.17) is 10.5 Å². The van der Waals surface area contributed by atoms with Crippen LogP contribution in [0.25, 0.3) is 0 Å². The lowest BCUT2D eigenvalue weighted by Crippen LogP contribution is -2.50. The van der Waals surface area contributed by atoms with E-state index in [0.29, 0.717) is 19.4 Å². The third kappa shape index (κ3) is 2.83. The number of piperidine rings is 1. The Morgan fingerprint density at radius 3 is 2.47 bits per heavy atom. The number of alkyl halides is 2. The maximum absolute atomic E-state index is 13.3. The van der Waals surface area contributed by atoms with Crippen LogP contribution in [0, 0.1) is 5.92 Å². The van der Waals surface area contributed by atoms with Gasteiger partial charge in [0, 0.05) is 25.4 Å². The van der Waals surface area contributed by atoms with Crippen molar-refractivity contribution in [1.82, 2.24) is 4.90 Å². The Kier molecular flexibility index (Phi) is 3.28. The predicted octanol–water partition coefficient (Wildman–Crippen LogP) is 2.37. The third-order valence-corrected chi connectivity index (χ3v) is 3.87. The highest BCUT2D eigenvalue weighted by atomic mass is 19.3. The maximum atomic E-state index is 13.3. The summed E-state index contributed by atoms with van der Waals surface area (Å²) in [7, 11) is 0. The van der Waals surface area contributed by atoms with Gasteiger partial charge in [0.25, 0.3) is 5.92 Å². The van der Waals surface area contributed by atoms with Crippen LogP contribution in [0.1, 0.15) is 40.0 Å². The van der Waals surface area contributed by atoms with Crippen molar-refractivity contribution in [2.75, 3.05) is 13.1 Å². The number of hydrogen-bond donors (Lipinski definition) is 1. The summed E-state index contributed by atoms with van der Waals surface area (Å²) in [6, 6.07) is 0. The molecule has 2 atom stereocenters. The molecular weight excluding hydrogens is 254 g/mol. The Morgan fingerprint density at radius 1 is 1.42 bits per heavy atom. The Balaban J connectivity index is 1.97. The van der Waals surface area contributed by atoms with Gasteiger partial charge < -0.3 is 15.4 Å². The van der Waals surface area contributed by atoms with Gasteiger partial charge in [-0.2, -0.15) is 0 Å². The number of likely N-dealkylation sites (tertiary alicyclic amines) is 1. The van der Waals surface area contributed by atoms with Crippen molar-refractivity contribution >= 4 is 6.09 Å². The molecule has 0 aromatic heterocycles. The standard InChI is InChI=1S/C13H22F2N2O2/c1-11(2,3)19-10(18)17-6-4-5-9(7-17)12(16)8-13(12,14)15/h9H,4-8,16H2,1-3H3. The van der Waals surface area contributed by atoms with Crippen LogP contribution >= 0.6 is 0 Å². The summed E-state index contributed by atoms with van der Waals surface area (Å²) in [4.78, 5) is 13.4. The van der Waals surface area contributed by atoms with Gasteiger partial charge in [-0.1, -0.05) is 0 Å². The molecule has 0 aromatic carbocycles. The molecule has 6 heteroatoms. The number of nitrogens with two attached hydrogens (primary N) is 1. The van der Waals surface area contributed by atoms with Gasteiger partial charge in [-0.25, -0.2) is 13.6 Å². The zero-order valence-electron chi connectivity index (χ0n) is 11.7. The van der Waals surface area contributed by atoms with E-state index in [2.05, 4.69) is 0 Å². The fraction of sp³-hybridized carbons (Fsp3) is 0.923. The minimum atomic E-state index is -2.78. The molecule has 19 heavy (non-hydrogen) atoms. The van der Waals surface area contributed by atoms with E-state index in [-0.39, 0.29) is 18.9 Å². The number of halogens is 2. The van der Waals surface area contributed by atoms with E-state index in [0.717, 1.165) is 0 Å². The first-order valence-corrected chi connectivity index (χ1v) is 6.70. The van der Waals surface area contributed by atoms with Crippen molar-refractivity contribution in [3.8, 4) is 0 Å². The van der Waals surface area contributed by atoms with E-state index in [1.807, 2.05) is 0 Å². The number of hydrogen-bond acceptors (Lipinski definition) is 3. The minimum Gasteiger partial charge on any atom is -0.444 e. The molecule has 2 unspecified atom stereocenters. The fourth-order valence-corrected chi connectivity index (χ4v) is 2.66. The molecule has 2 fully saturated rings. The normalized spacial score (nSPS) is 34.0. The molecule has 0 bridgehead atoms. The molecule has 1 aliphatic heterocycles. The zero-order chi connectivity index (χ0) is 14.5. The molecular formula is C13H22F2N2O2. The molecule has 4 nitrogen and oxygen atoms in total. The van der Waals surface area contributed by atoms with E-state index in [1.54, 1.807) is 20.8 Å². The summed E-state index contributed by atoms with van der Waals surface area (Å²) >= 11 is 0. The minimum absolute atomic E-state index is 0.265. The summed E-state index contributed by atoms with van der Waals surface area (Å²) < 4.78 is 31.9. The Bertz CT molecular complexity index is 381. The van der Waals surface area contributed by atoms with Gasteiger partial charge in [0.15, 0.2) is 0 Å². The lowest BCUT2D eigenvalue weighted by molar-refractivity contribution is 0.00704. The highest BCUT2D eigenvalue weighted by Crippen LogP contribution is 2.56. The van der Waals surface area contributed by atoms with Gasteiger partial charge in [-0.3, -0.25) is 0 Å². The quantitative estimate of drug-likeness (QED) is 0.800. The number of nitrogens with zero attached hydrogens (tertiary/aromatic N) is 1. The largest absolute Gasteiger partial charge is 0.444 e. The van der Waals surface area contributed by atoms with Crippen molar-refractivity contribution in [3.05, 3.63) is 0 Å². The van der Waals surface area contributed by atoms with Crippen LogP contribution in [0.2, 0.25) is 0 Å². The number of rotatable bonds is 1. The van der Waals surface area contributed by atoms with Crippen LogP contribution in [0.15, 0.2) is 0 Å². The average Bonchev–Trinajstić information content (AvgIpc) is 2.77. The highest BCUT2D eigenvalue weighted by molar-refractivity contribution is 5.68. The number of amides is 1. The second kappa shape index (κ2) is 4.30. The van der Waals surface area contributed by atoms with Gasteiger partial charge >= 0.3 is 6.09 Å². The number of ether oxygens (including phenoxy) is 1. The van der Waals surface area contributed by atoms with Crippen molar-refractivity contribution in [2.45, 2.75) is 57.1 Å². The lowest BCUT2D eigenvalue weighted by atomic mass is 9.89. The first kappa shape index (κ1) is 14.5. The number of carbonyl (C=O) groups excluding carboxylic acids is 1. The topological polar surface area (TPSA) is 55.6 Å². The first-order chi connectivity index (χ1) is 8.55. The molecule has 1 aliphatic carbocycles. The Labute approximate surface area is 112 Å². The number of carbonyl (C=O) groups is 1.